The van der Waals surface area contributed by atoms with Gasteiger partial charge in [0.1, 0.15) is 6.04 Å². The van der Waals surface area contributed by atoms with E-state index < -0.39 is 6.04 Å². The first-order chi connectivity index (χ1) is 12.0. The molecular weight excluding hydrogens is 356 g/mol. The minimum Gasteiger partial charge on any atom is -0.340 e. The van der Waals surface area contributed by atoms with Crippen LogP contribution in [0.1, 0.15) is 22.3 Å². The minimum atomic E-state index is -0.612. The predicted octanol–water partition coefficient (Wildman–Crippen LogP) is 4.14. The van der Waals surface area contributed by atoms with Crippen LogP contribution in [-0.2, 0) is 4.79 Å². The van der Waals surface area contributed by atoms with Gasteiger partial charge in [-0.2, -0.15) is 11.8 Å². The van der Waals surface area contributed by atoms with Gasteiger partial charge >= 0.3 is 0 Å². The van der Waals surface area contributed by atoms with Crippen LogP contribution < -0.4 is 10.6 Å². The maximum atomic E-state index is 12.7. The first-order valence-corrected chi connectivity index (χ1v) is 9.70. The molecule has 4 nitrogen and oxygen atoms in total. The number of anilines is 1. The number of benzene rings is 2. The largest absolute Gasteiger partial charge is 0.340 e. The number of carbonyl (C=O) groups excluding carboxylic acids is 2. The molecule has 2 N–H and O–H groups in total. The average molecular weight is 377 g/mol. The number of carbonyl (C=O) groups is 2. The topological polar surface area (TPSA) is 58.2 Å². The van der Waals surface area contributed by atoms with Crippen molar-refractivity contribution in [3.63, 3.8) is 0 Å². The van der Waals surface area contributed by atoms with Crippen molar-refractivity contribution >= 4 is 40.9 Å². The van der Waals surface area contributed by atoms with Crippen molar-refractivity contribution in [1.29, 1.82) is 0 Å². The summed E-state index contributed by atoms with van der Waals surface area (Å²) in [6.07, 6.45) is 2.51. The summed E-state index contributed by atoms with van der Waals surface area (Å²) in [6.45, 7) is 1.89. The number of nitrogens with one attached hydrogen (secondary N) is 2. The molecule has 0 radical (unpaired) electrons. The van der Waals surface area contributed by atoms with Gasteiger partial charge in [-0.3, -0.25) is 9.59 Å². The summed E-state index contributed by atoms with van der Waals surface area (Å²) < 4.78 is 0. The van der Waals surface area contributed by atoms with Crippen molar-refractivity contribution < 1.29 is 9.59 Å². The van der Waals surface area contributed by atoms with Crippen LogP contribution in [0.5, 0.6) is 0 Å². The Balaban J connectivity index is 2.11. The summed E-state index contributed by atoms with van der Waals surface area (Å²) in [4.78, 5) is 25.0. The van der Waals surface area contributed by atoms with Crippen molar-refractivity contribution in [2.75, 3.05) is 17.3 Å². The Bertz CT molecular complexity index is 737. The number of hydrogen-bond acceptors (Lipinski definition) is 3. The monoisotopic (exact) mass is 376 g/mol. The van der Waals surface area contributed by atoms with Crippen molar-refractivity contribution in [2.45, 2.75) is 19.4 Å². The number of aryl methyl sites for hydroxylation is 1. The van der Waals surface area contributed by atoms with E-state index in [0.717, 1.165) is 11.3 Å². The van der Waals surface area contributed by atoms with E-state index in [0.29, 0.717) is 22.7 Å². The zero-order valence-electron chi connectivity index (χ0n) is 14.2. The molecule has 132 valence electrons. The van der Waals surface area contributed by atoms with Crippen LogP contribution in [-0.4, -0.2) is 29.9 Å². The van der Waals surface area contributed by atoms with Crippen LogP contribution in [0.3, 0.4) is 0 Å². The lowest BCUT2D eigenvalue weighted by atomic mass is 10.1. The molecule has 2 aromatic carbocycles. The Morgan fingerprint density at radius 1 is 1.16 bits per heavy atom. The van der Waals surface area contributed by atoms with Gasteiger partial charge in [-0.1, -0.05) is 35.9 Å². The van der Waals surface area contributed by atoms with E-state index in [4.69, 9.17) is 11.6 Å². The quantitative estimate of drug-likeness (QED) is 0.763. The maximum absolute atomic E-state index is 12.7. The number of halogens is 1. The minimum absolute atomic E-state index is 0.247. The fraction of sp³-hybridized carbons (Fsp3) is 0.263. The lowest BCUT2D eigenvalue weighted by Crippen LogP contribution is -2.44. The summed E-state index contributed by atoms with van der Waals surface area (Å²) in [7, 11) is 0. The summed E-state index contributed by atoms with van der Waals surface area (Å²) in [5.74, 6) is 0.259. The third-order valence-corrected chi connectivity index (χ3v) is 4.60. The van der Waals surface area contributed by atoms with Gasteiger partial charge < -0.3 is 10.6 Å². The normalized spacial score (nSPS) is 11.6. The summed E-state index contributed by atoms with van der Waals surface area (Å²) in [5.41, 5.74) is 2.10. The van der Waals surface area contributed by atoms with Crippen molar-refractivity contribution in [1.82, 2.24) is 5.32 Å². The van der Waals surface area contributed by atoms with Crippen LogP contribution >= 0.6 is 23.4 Å². The van der Waals surface area contributed by atoms with Crippen LogP contribution in [0.2, 0.25) is 5.02 Å². The molecular formula is C19H21ClN2O2S. The van der Waals surface area contributed by atoms with Gasteiger partial charge in [0.05, 0.1) is 0 Å². The molecule has 0 heterocycles. The van der Waals surface area contributed by atoms with Gasteiger partial charge in [-0.25, -0.2) is 0 Å². The zero-order chi connectivity index (χ0) is 18.2. The van der Waals surface area contributed by atoms with E-state index in [1.165, 1.54) is 0 Å². The molecule has 0 spiro atoms. The van der Waals surface area contributed by atoms with E-state index in [-0.39, 0.29) is 11.8 Å². The van der Waals surface area contributed by atoms with Gasteiger partial charge in [0.2, 0.25) is 5.91 Å². The van der Waals surface area contributed by atoms with Gasteiger partial charge in [0, 0.05) is 16.3 Å². The highest BCUT2D eigenvalue weighted by Gasteiger charge is 2.21. The highest BCUT2D eigenvalue weighted by atomic mass is 35.5. The maximum Gasteiger partial charge on any atom is 0.251 e. The smallest absolute Gasteiger partial charge is 0.251 e. The highest BCUT2D eigenvalue weighted by molar-refractivity contribution is 7.98. The average Bonchev–Trinajstić information content (AvgIpc) is 2.62. The Kier molecular flexibility index (Phi) is 7.34. The number of rotatable bonds is 7. The Labute approximate surface area is 157 Å². The molecule has 0 fully saturated rings. The predicted molar refractivity (Wildman–Crippen MR) is 106 cm³/mol. The molecule has 25 heavy (non-hydrogen) atoms. The molecule has 0 aromatic heterocycles. The van der Waals surface area contributed by atoms with E-state index in [2.05, 4.69) is 10.6 Å². The number of hydrogen-bond donors (Lipinski definition) is 2. The molecule has 0 bridgehead atoms. The van der Waals surface area contributed by atoms with Gasteiger partial charge in [-0.15, -0.1) is 0 Å². The lowest BCUT2D eigenvalue weighted by Gasteiger charge is -2.19. The second-order valence-electron chi connectivity index (χ2n) is 5.62. The summed E-state index contributed by atoms with van der Waals surface area (Å²) in [6, 6.07) is 13.6. The first-order valence-electron chi connectivity index (χ1n) is 7.93. The molecule has 0 aliphatic carbocycles. The molecule has 0 saturated carbocycles. The van der Waals surface area contributed by atoms with E-state index in [1.807, 2.05) is 25.3 Å². The second-order valence-corrected chi connectivity index (χ2v) is 7.04. The molecule has 0 saturated heterocycles. The lowest BCUT2D eigenvalue weighted by molar-refractivity contribution is -0.118. The SMILES string of the molecule is CSCC[C@H](NC(=O)c1ccccc1)C(=O)Nc1cc(Cl)ccc1C. The van der Waals surface area contributed by atoms with Gasteiger partial charge in [-0.05, 0) is 55.2 Å². The third kappa shape index (κ3) is 5.80. The Morgan fingerprint density at radius 2 is 1.88 bits per heavy atom. The van der Waals surface area contributed by atoms with Crippen molar-refractivity contribution in [3.8, 4) is 0 Å². The standard InChI is InChI=1S/C19H21ClN2O2S/c1-13-8-9-15(20)12-17(13)22-19(24)16(10-11-25-2)21-18(23)14-6-4-3-5-7-14/h3-9,12,16H,10-11H2,1-2H3,(H,21,23)(H,22,24)/t16-/m0/s1. The molecule has 2 rings (SSSR count). The van der Waals surface area contributed by atoms with E-state index >= 15 is 0 Å². The van der Waals surface area contributed by atoms with Crippen molar-refractivity contribution in [2.24, 2.45) is 0 Å². The van der Waals surface area contributed by atoms with Crippen LogP contribution in [0.4, 0.5) is 5.69 Å². The van der Waals surface area contributed by atoms with Crippen LogP contribution in [0.25, 0.3) is 0 Å². The molecule has 6 heteroatoms. The Hall–Kier alpha value is -1.98. The first kappa shape index (κ1) is 19.3. The van der Waals surface area contributed by atoms with Crippen molar-refractivity contribution in [3.05, 3.63) is 64.7 Å². The van der Waals surface area contributed by atoms with Crippen LogP contribution in [0, 0.1) is 6.92 Å². The Morgan fingerprint density at radius 3 is 2.56 bits per heavy atom. The highest BCUT2D eigenvalue weighted by Crippen LogP contribution is 2.20. The molecule has 2 aromatic rings. The zero-order valence-corrected chi connectivity index (χ0v) is 15.8. The van der Waals surface area contributed by atoms with Gasteiger partial charge in [0.25, 0.3) is 5.91 Å². The fourth-order valence-corrected chi connectivity index (χ4v) is 2.93. The van der Waals surface area contributed by atoms with E-state index in [9.17, 15) is 9.59 Å². The number of thioether (sulfide) groups is 1. The molecule has 0 aliphatic rings. The number of amides is 2. The fourth-order valence-electron chi connectivity index (χ4n) is 2.28. The molecule has 2 amide bonds. The van der Waals surface area contributed by atoms with Gasteiger partial charge in [0.15, 0.2) is 0 Å². The second kappa shape index (κ2) is 9.49. The van der Waals surface area contributed by atoms with Crippen LogP contribution in [0.15, 0.2) is 48.5 Å². The third-order valence-electron chi connectivity index (χ3n) is 3.73. The van der Waals surface area contributed by atoms with E-state index in [1.54, 1.807) is 48.2 Å². The summed E-state index contributed by atoms with van der Waals surface area (Å²) >= 11 is 7.63. The molecule has 0 unspecified atom stereocenters. The molecule has 1 atom stereocenters. The summed E-state index contributed by atoms with van der Waals surface area (Å²) in [5, 5.41) is 6.25. The molecule has 0 aliphatic heterocycles.